The highest BCUT2D eigenvalue weighted by Crippen LogP contribution is 1.94. The Morgan fingerprint density at radius 1 is 1.62 bits per heavy atom. The van der Waals surface area contributed by atoms with E-state index in [2.05, 4.69) is 4.98 Å². The van der Waals surface area contributed by atoms with Crippen LogP contribution in [0.2, 0.25) is 0 Å². The first-order valence-corrected chi connectivity index (χ1v) is 2.97. The number of aromatic nitrogens is 1. The van der Waals surface area contributed by atoms with Crippen LogP contribution in [-0.2, 0) is 12.6 Å². The molecule has 0 atom stereocenters. The third-order valence-electron chi connectivity index (χ3n) is 0.782. The highest BCUT2D eigenvalue weighted by molar-refractivity contribution is 7.72. The Labute approximate surface area is 58.2 Å². The van der Waals surface area contributed by atoms with Crippen molar-refractivity contribution in [3.05, 3.63) is 23.0 Å². The number of hydrogen-bond donors (Lipinski definition) is 1. The first kappa shape index (κ1) is 5.72. The van der Waals surface area contributed by atoms with Crippen molar-refractivity contribution in [2.45, 2.75) is 4.90 Å². The molecular weight excluding hydrogens is 138 g/mol. The van der Waals surface area contributed by atoms with Gasteiger partial charge < -0.3 is 17.6 Å². The van der Waals surface area contributed by atoms with E-state index in [1.54, 1.807) is 12.3 Å². The minimum atomic E-state index is 0.641. The largest absolute Gasteiger partial charge is 0.777 e. The predicted molar refractivity (Wildman–Crippen MR) is 37.3 cm³/mol. The van der Waals surface area contributed by atoms with Gasteiger partial charge in [-0.25, -0.2) is 0 Å². The van der Waals surface area contributed by atoms with E-state index in [1.165, 1.54) is 0 Å². The fraction of sp³-hybridized carbons (Fsp3) is 0. The number of aromatic amines is 1. The van der Waals surface area contributed by atoms with Gasteiger partial charge in [0.2, 0.25) is 0 Å². The fourth-order valence-electron chi connectivity index (χ4n) is 0.406. The monoisotopic (exact) mass is 142 g/mol. The zero-order valence-electron chi connectivity index (χ0n) is 4.05. The average Bonchev–Trinajstić information content (AvgIpc) is 1.77. The van der Waals surface area contributed by atoms with Crippen LogP contribution in [0.25, 0.3) is 0 Å². The van der Waals surface area contributed by atoms with Crippen molar-refractivity contribution in [2.75, 3.05) is 0 Å². The topological polar surface area (TPSA) is 15.8 Å². The van der Waals surface area contributed by atoms with Gasteiger partial charge in [0.15, 0.2) is 0 Å². The van der Waals surface area contributed by atoms with Crippen molar-refractivity contribution in [1.29, 1.82) is 0 Å². The molecule has 0 aliphatic carbocycles. The minimum absolute atomic E-state index is 0.641. The summed E-state index contributed by atoms with van der Waals surface area (Å²) in [6.45, 7) is 0. The molecule has 0 radical (unpaired) electrons. The summed E-state index contributed by atoms with van der Waals surface area (Å²) in [7, 11) is 0. The van der Waals surface area contributed by atoms with Crippen molar-refractivity contribution >= 4 is 24.8 Å². The maximum Gasteiger partial charge on any atom is 0.0833 e. The summed E-state index contributed by atoms with van der Waals surface area (Å²) in [4.78, 5) is 3.52. The van der Waals surface area contributed by atoms with E-state index in [4.69, 9.17) is 24.8 Å². The van der Waals surface area contributed by atoms with Gasteiger partial charge >= 0.3 is 0 Å². The van der Waals surface area contributed by atoms with E-state index in [-0.39, 0.29) is 0 Å². The molecule has 42 valence electrons. The minimum Gasteiger partial charge on any atom is -0.777 e. The summed E-state index contributed by atoms with van der Waals surface area (Å²) in [5, 5.41) is 0. The van der Waals surface area contributed by atoms with Crippen LogP contribution < -0.4 is 0 Å². The van der Waals surface area contributed by atoms with Crippen LogP contribution in [0.3, 0.4) is 0 Å². The number of pyridine rings is 1. The Morgan fingerprint density at radius 2 is 2.38 bits per heavy atom. The van der Waals surface area contributed by atoms with Crippen molar-refractivity contribution in [2.24, 2.45) is 0 Å². The molecular formula is C5H4NS2-. The molecule has 0 aliphatic heterocycles. The zero-order chi connectivity index (χ0) is 5.98. The Balaban J connectivity index is 3.35. The molecule has 0 spiro atoms. The Morgan fingerprint density at radius 3 is 2.75 bits per heavy atom. The average molecular weight is 142 g/mol. The second-order valence-corrected chi connectivity index (χ2v) is 2.21. The highest BCUT2D eigenvalue weighted by Gasteiger charge is 1.71. The lowest BCUT2D eigenvalue weighted by Gasteiger charge is -2.00. The summed E-state index contributed by atoms with van der Waals surface area (Å²) in [6.07, 6.45) is 1.76. The van der Waals surface area contributed by atoms with Gasteiger partial charge in [0.25, 0.3) is 0 Å². The maximum atomic E-state index is 4.82. The second-order valence-electron chi connectivity index (χ2n) is 1.36. The molecule has 0 amide bonds. The van der Waals surface area contributed by atoms with E-state index in [9.17, 15) is 0 Å². The van der Waals surface area contributed by atoms with Crippen LogP contribution in [-0.4, -0.2) is 4.98 Å². The Kier molecular flexibility index (Phi) is 1.60. The molecule has 1 rings (SSSR count). The van der Waals surface area contributed by atoms with Crippen molar-refractivity contribution in [3.63, 3.8) is 0 Å². The lowest BCUT2D eigenvalue weighted by Crippen LogP contribution is -1.74. The molecule has 0 unspecified atom stereocenters. The van der Waals surface area contributed by atoms with Gasteiger partial charge in [0.05, 0.1) is 4.64 Å². The number of hydrogen-bond acceptors (Lipinski definition) is 2. The number of H-pyrrole nitrogens is 1. The molecule has 1 aromatic rings. The van der Waals surface area contributed by atoms with Gasteiger partial charge in [-0.05, 0) is 6.07 Å². The normalized spacial score (nSPS) is 9.00. The highest BCUT2D eigenvalue weighted by atomic mass is 32.1. The zero-order valence-corrected chi connectivity index (χ0v) is 5.68. The van der Waals surface area contributed by atoms with Crippen LogP contribution in [0, 0.1) is 4.64 Å². The van der Waals surface area contributed by atoms with Gasteiger partial charge in [-0.15, -0.1) is 4.90 Å². The smallest absolute Gasteiger partial charge is 0.0833 e. The van der Waals surface area contributed by atoms with Crippen LogP contribution >= 0.6 is 12.2 Å². The first-order chi connectivity index (χ1) is 3.80. The van der Waals surface area contributed by atoms with Crippen molar-refractivity contribution < 1.29 is 0 Å². The van der Waals surface area contributed by atoms with E-state index >= 15 is 0 Å². The predicted octanol–water partition coefficient (Wildman–Crippen LogP) is 1.65. The van der Waals surface area contributed by atoms with E-state index in [1.807, 2.05) is 6.07 Å². The molecule has 1 N–H and O–H groups in total. The SMILES string of the molecule is S=c1[nH]cccc1[S-]. The molecule has 0 bridgehead atoms. The van der Waals surface area contributed by atoms with Crippen LogP contribution in [0.15, 0.2) is 23.2 Å². The molecule has 0 aliphatic rings. The molecule has 3 heteroatoms. The Hall–Kier alpha value is -0.410. The molecule has 0 saturated carbocycles. The van der Waals surface area contributed by atoms with Crippen molar-refractivity contribution in [1.82, 2.24) is 4.98 Å². The van der Waals surface area contributed by atoms with Crippen LogP contribution in [0.1, 0.15) is 0 Å². The third kappa shape index (κ3) is 1.05. The van der Waals surface area contributed by atoms with Gasteiger partial charge in [0, 0.05) is 6.20 Å². The first-order valence-electron chi connectivity index (χ1n) is 2.15. The van der Waals surface area contributed by atoms with E-state index < -0.39 is 0 Å². The molecule has 0 saturated heterocycles. The van der Waals surface area contributed by atoms with Gasteiger partial charge in [-0.1, -0.05) is 18.3 Å². The molecule has 1 nitrogen and oxygen atoms in total. The fourth-order valence-corrected chi connectivity index (χ4v) is 0.680. The van der Waals surface area contributed by atoms with E-state index in [0.717, 1.165) is 0 Å². The second kappa shape index (κ2) is 2.24. The molecule has 0 fully saturated rings. The van der Waals surface area contributed by atoms with Crippen LogP contribution in [0.4, 0.5) is 0 Å². The summed E-state index contributed by atoms with van der Waals surface area (Å²) < 4.78 is 0.641. The quantitative estimate of drug-likeness (QED) is 0.438. The van der Waals surface area contributed by atoms with E-state index in [0.29, 0.717) is 9.54 Å². The summed E-state index contributed by atoms with van der Waals surface area (Å²) in [5.41, 5.74) is 0. The number of rotatable bonds is 0. The maximum absolute atomic E-state index is 4.82. The summed E-state index contributed by atoms with van der Waals surface area (Å²) in [5.74, 6) is 0. The molecule has 1 aromatic heterocycles. The Bertz CT molecular complexity index is 228. The molecule has 1 heterocycles. The molecule has 0 aromatic carbocycles. The lowest BCUT2D eigenvalue weighted by molar-refractivity contribution is 1.21. The lowest BCUT2D eigenvalue weighted by atomic mass is 10.5. The standard InChI is InChI=1S/C5H5NS2/c7-4-2-1-3-6-5(4)8/h1-3,7H,(H,6,8)/p-1. The number of nitrogens with one attached hydrogen (secondary N) is 1. The third-order valence-corrected chi connectivity index (χ3v) is 1.59. The van der Waals surface area contributed by atoms with Crippen molar-refractivity contribution in [3.8, 4) is 0 Å². The molecule has 8 heavy (non-hydrogen) atoms. The summed E-state index contributed by atoms with van der Waals surface area (Å²) >= 11 is 9.61. The van der Waals surface area contributed by atoms with Crippen LogP contribution in [0.5, 0.6) is 0 Å². The summed E-state index contributed by atoms with van der Waals surface area (Å²) in [6, 6.07) is 3.63. The van der Waals surface area contributed by atoms with Gasteiger partial charge in [-0.3, -0.25) is 0 Å². The van der Waals surface area contributed by atoms with Gasteiger partial charge in [-0.2, -0.15) is 0 Å². The van der Waals surface area contributed by atoms with Gasteiger partial charge in [0.1, 0.15) is 0 Å².